The van der Waals surface area contributed by atoms with E-state index in [-0.39, 0.29) is 11.5 Å². The van der Waals surface area contributed by atoms with Crippen LogP contribution in [0.1, 0.15) is 23.7 Å². The molecule has 0 aliphatic carbocycles. The van der Waals surface area contributed by atoms with Crippen molar-refractivity contribution in [1.82, 2.24) is 9.97 Å². The molecule has 0 bridgehead atoms. The van der Waals surface area contributed by atoms with Crippen molar-refractivity contribution in [1.29, 1.82) is 0 Å². The average molecular weight is 383 g/mol. The number of benzene rings is 2. The van der Waals surface area contributed by atoms with Crippen molar-refractivity contribution in [2.24, 2.45) is 0 Å². The fourth-order valence-corrected chi connectivity index (χ4v) is 2.82. The van der Waals surface area contributed by atoms with Gasteiger partial charge in [0.25, 0.3) is 5.56 Å². The molecule has 1 heterocycles. The Hall–Kier alpha value is -3.12. The molecular formula is C20H19ClN4O2. The fraction of sp³-hybridized carbons (Fsp3) is 0.150. The molecular weight excluding hydrogens is 364 g/mol. The van der Waals surface area contributed by atoms with E-state index in [1.807, 2.05) is 18.2 Å². The standard InChI is InChI=1S/C20H19ClN4O2/c1-12-18(10-14-6-8-15(21)9-7-14)19(27)25-20(22-12)24-17-5-3-4-16(11-17)23-13(2)26/h3-9,11H,10H2,1-2H3,(H,23,26)(H2,22,24,25,27). The van der Waals surface area contributed by atoms with Crippen LogP contribution in [0.4, 0.5) is 17.3 Å². The molecule has 0 unspecified atom stereocenters. The number of hydrogen-bond donors (Lipinski definition) is 3. The monoisotopic (exact) mass is 382 g/mol. The second-order valence-corrected chi connectivity index (χ2v) is 6.61. The number of rotatable bonds is 5. The van der Waals surface area contributed by atoms with Gasteiger partial charge in [-0.15, -0.1) is 0 Å². The van der Waals surface area contributed by atoms with Crippen LogP contribution < -0.4 is 16.2 Å². The van der Waals surface area contributed by atoms with Gasteiger partial charge in [-0.25, -0.2) is 4.98 Å². The summed E-state index contributed by atoms with van der Waals surface area (Å²) in [5, 5.41) is 6.43. The second kappa shape index (κ2) is 8.05. The first kappa shape index (κ1) is 18.7. The smallest absolute Gasteiger partial charge is 0.256 e. The van der Waals surface area contributed by atoms with E-state index in [0.29, 0.717) is 40.0 Å². The topological polar surface area (TPSA) is 86.9 Å². The SMILES string of the molecule is CC(=O)Nc1cccc(Nc2nc(C)c(Cc3ccc(Cl)cc3)c(=O)[nH]2)c1. The molecule has 3 aromatic rings. The lowest BCUT2D eigenvalue weighted by Gasteiger charge is -2.10. The van der Waals surface area contributed by atoms with Crippen molar-refractivity contribution in [3.63, 3.8) is 0 Å². The molecule has 3 N–H and O–H groups in total. The molecule has 0 aliphatic rings. The fourth-order valence-electron chi connectivity index (χ4n) is 2.70. The van der Waals surface area contributed by atoms with Gasteiger partial charge >= 0.3 is 0 Å². The molecule has 0 atom stereocenters. The van der Waals surface area contributed by atoms with Crippen LogP contribution in [0.2, 0.25) is 5.02 Å². The van der Waals surface area contributed by atoms with Crippen molar-refractivity contribution in [3.8, 4) is 0 Å². The zero-order chi connectivity index (χ0) is 19.4. The van der Waals surface area contributed by atoms with Gasteiger partial charge in [-0.05, 0) is 42.8 Å². The van der Waals surface area contributed by atoms with E-state index in [1.54, 1.807) is 37.3 Å². The van der Waals surface area contributed by atoms with Crippen LogP contribution in [-0.4, -0.2) is 15.9 Å². The molecule has 0 radical (unpaired) electrons. The van der Waals surface area contributed by atoms with Gasteiger partial charge in [0.05, 0.1) is 5.69 Å². The van der Waals surface area contributed by atoms with E-state index < -0.39 is 0 Å². The largest absolute Gasteiger partial charge is 0.326 e. The Morgan fingerprint density at radius 2 is 1.85 bits per heavy atom. The molecule has 0 saturated carbocycles. The predicted octanol–water partition coefficient (Wildman–Crippen LogP) is 4.02. The van der Waals surface area contributed by atoms with Crippen LogP contribution in [0.15, 0.2) is 53.3 Å². The van der Waals surface area contributed by atoms with Gasteiger partial charge in [0.2, 0.25) is 11.9 Å². The highest BCUT2D eigenvalue weighted by molar-refractivity contribution is 6.30. The van der Waals surface area contributed by atoms with Gasteiger partial charge in [0, 0.05) is 35.3 Å². The van der Waals surface area contributed by atoms with Gasteiger partial charge in [0.1, 0.15) is 0 Å². The predicted molar refractivity (Wildman–Crippen MR) is 108 cm³/mol. The highest BCUT2D eigenvalue weighted by atomic mass is 35.5. The molecule has 0 saturated heterocycles. The summed E-state index contributed by atoms with van der Waals surface area (Å²) in [4.78, 5) is 30.9. The van der Waals surface area contributed by atoms with Gasteiger partial charge in [-0.1, -0.05) is 29.8 Å². The summed E-state index contributed by atoms with van der Waals surface area (Å²) < 4.78 is 0. The number of amides is 1. The third-order valence-electron chi connectivity index (χ3n) is 3.96. The van der Waals surface area contributed by atoms with Crippen molar-refractivity contribution >= 4 is 34.8 Å². The first-order valence-corrected chi connectivity index (χ1v) is 8.77. The Bertz CT molecular complexity index is 1030. The highest BCUT2D eigenvalue weighted by Crippen LogP contribution is 2.19. The minimum Gasteiger partial charge on any atom is -0.326 e. The summed E-state index contributed by atoms with van der Waals surface area (Å²) in [6, 6.07) is 14.5. The quantitative estimate of drug-likeness (QED) is 0.621. The van der Waals surface area contributed by atoms with Gasteiger partial charge < -0.3 is 10.6 Å². The highest BCUT2D eigenvalue weighted by Gasteiger charge is 2.10. The first-order chi connectivity index (χ1) is 12.9. The maximum Gasteiger partial charge on any atom is 0.256 e. The lowest BCUT2D eigenvalue weighted by atomic mass is 10.1. The number of carbonyl (C=O) groups excluding carboxylic acids is 1. The number of hydrogen-bond acceptors (Lipinski definition) is 4. The van der Waals surface area contributed by atoms with Crippen molar-refractivity contribution in [2.45, 2.75) is 20.3 Å². The Morgan fingerprint density at radius 3 is 2.52 bits per heavy atom. The third kappa shape index (κ3) is 4.95. The van der Waals surface area contributed by atoms with E-state index >= 15 is 0 Å². The molecule has 6 nitrogen and oxygen atoms in total. The normalized spacial score (nSPS) is 10.5. The summed E-state index contributed by atoms with van der Waals surface area (Å²) >= 11 is 5.90. The van der Waals surface area contributed by atoms with E-state index in [4.69, 9.17) is 11.6 Å². The molecule has 27 heavy (non-hydrogen) atoms. The number of nitrogens with one attached hydrogen (secondary N) is 3. The maximum absolute atomic E-state index is 12.5. The molecule has 0 aliphatic heterocycles. The van der Waals surface area contributed by atoms with E-state index in [9.17, 15) is 9.59 Å². The summed E-state index contributed by atoms with van der Waals surface area (Å²) in [6.45, 7) is 3.25. The molecule has 1 aromatic heterocycles. The zero-order valence-electron chi connectivity index (χ0n) is 15.0. The van der Waals surface area contributed by atoms with Crippen molar-refractivity contribution in [3.05, 3.63) is 80.7 Å². The number of nitrogens with zero attached hydrogens (tertiary/aromatic N) is 1. The molecule has 3 rings (SSSR count). The molecule has 1 amide bonds. The lowest BCUT2D eigenvalue weighted by molar-refractivity contribution is -0.114. The summed E-state index contributed by atoms with van der Waals surface area (Å²) in [5.74, 6) is 0.193. The second-order valence-electron chi connectivity index (χ2n) is 6.17. The van der Waals surface area contributed by atoms with Crippen LogP contribution in [-0.2, 0) is 11.2 Å². The Kier molecular flexibility index (Phi) is 5.57. The van der Waals surface area contributed by atoms with Crippen LogP contribution in [0.25, 0.3) is 0 Å². The molecule has 7 heteroatoms. The average Bonchev–Trinajstić information content (AvgIpc) is 2.59. The Morgan fingerprint density at radius 1 is 1.15 bits per heavy atom. The first-order valence-electron chi connectivity index (χ1n) is 8.39. The van der Waals surface area contributed by atoms with Gasteiger partial charge in [0.15, 0.2) is 0 Å². The summed E-state index contributed by atoms with van der Waals surface area (Å²) in [6.07, 6.45) is 0.476. The van der Waals surface area contributed by atoms with Gasteiger partial charge in [-0.3, -0.25) is 14.6 Å². The number of aryl methyl sites for hydroxylation is 1. The number of aromatic amines is 1. The van der Waals surface area contributed by atoms with Crippen molar-refractivity contribution < 1.29 is 4.79 Å². The summed E-state index contributed by atoms with van der Waals surface area (Å²) in [5.41, 5.74) is 3.40. The lowest BCUT2D eigenvalue weighted by Crippen LogP contribution is -2.18. The molecule has 2 aromatic carbocycles. The number of aromatic nitrogens is 2. The number of halogens is 1. The zero-order valence-corrected chi connectivity index (χ0v) is 15.7. The van der Waals surface area contributed by atoms with E-state index in [1.165, 1.54) is 6.92 Å². The minimum atomic E-state index is -0.196. The molecule has 138 valence electrons. The molecule has 0 fully saturated rings. The van der Waals surface area contributed by atoms with E-state index in [2.05, 4.69) is 20.6 Å². The number of carbonyl (C=O) groups is 1. The maximum atomic E-state index is 12.5. The molecule has 0 spiro atoms. The van der Waals surface area contributed by atoms with Gasteiger partial charge in [-0.2, -0.15) is 0 Å². The number of anilines is 3. The summed E-state index contributed by atoms with van der Waals surface area (Å²) in [7, 11) is 0. The van der Waals surface area contributed by atoms with Crippen LogP contribution in [0.5, 0.6) is 0 Å². The van der Waals surface area contributed by atoms with Crippen LogP contribution in [0, 0.1) is 6.92 Å². The third-order valence-corrected chi connectivity index (χ3v) is 4.21. The van der Waals surface area contributed by atoms with Crippen LogP contribution in [0.3, 0.4) is 0 Å². The number of H-pyrrole nitrogens is 1. The Balaban J connectivity index is 1.81. The minimum absolute atomic E-state index is 0.152. The van der Waals surface area contributed by atoms with Crippen molar-refractivity contribution in [2.75, 3.05) is 10.6 Å². The van der Waals surface area contributed by atoms with Crippen LogP contribution >= 0.6 is 11.6 Å². The Labute approximate surface area is 161 Å². The van der Waals surface area contributed by atoms with E-state index in [0.717, 1.165) is 5.56 Å².